The number of rotatable bonds is 6. The SMILES string of the molecule is C=C(F)/C=C(\C(=C)OC)c1cc(NC(=O)C2CC(=O)NC(=O)C2)ncn1. The third kappa shape index (κ3) is 4.82. The van der Waals surface area contributed by atoms with E-state index < -0.39 is 29.5 Å². The van der Waals surface area contributed by atoms with Crippen molar-refractivity contribution in [2.24, 2.45) is 5.92 Å². The molecule has 3 amide bonds. The van der Waals surface area contributed by atoms with Gasteiger partial charge < -0.3 is 10.1 Å². The van der Waals surface area contributed by atoms with Gasteiger partial charge in [-0.3, -0.25) is 19.7 Å². The van der Waals surface area contributed by atoms with Gasteiger partial charge in [-0.2, -0.15) is 0 Å². The number of ether oxygens (including phenoxy) is 1. The summed E-state index contributed by atoms with van der Waals surface area (Å²) in [5.41, 5.74) is 0.475. The van der Waals surface area contributed by atoms with Crippen LogP contribution in [0.5, 0.6) is 0 Å². The fraction of sp³-hybridized carbons (Fsp3) is 0.235. The topological polar surface area (TPSA) is 110 Å². The third-order valence-electron chi connectivity index (χ3n) is 3.56. The number of carbonyl (C=O) groups excluding carboxylic acids is 3. The molecule has 1 saturated heterocycles. The lowest BCUT2D eigenvalue weighted by atomic mass is 9.96. The van der Waals surface area contributed by atoms with Gasteiger partial charge in [-0.15, -0.1) is 0 Å². The molecule has 26 heavy (non-hydrogen) atoms. The van der Waals surface area contributed by atoms with E-state index in [1.54, 1.807) is 0 Å². The van der Waals surface area contributed by atoms with Gasteiger partial charge in [0.05, 0.1) is 18.7 Å². The number of aromatic nitrogens is 2. The Morgan fingerprint density at radius 1 is 1.35 bits per heavy atom. The highest BCUT2D eigenvalue weighted by Crippen LogP contribution is 2.24. The van der Waals surface area contributed by atoms with Crippen molar-refractivity contribution in [1.82, 2.24) is 15.3 Å². The smallest absolute Gasteiger partial charge is 0.229 e. The van der Waals surface area contributed by atoms with Crippen LogP contribution in [-0.2, 0) is 19.1 Å². The van der Waals surface area contributed by atoms with Crippen LogP contribution in [0.3, 0.4) is 0 Å². The fourth-order valence-electron chi connectivity index (χ4n) is 2.33. The molecular weight excluding hydrogens is 343 g/mol. The Hall–Kier alpha value is -3.36. The molecule has 2 heterocycles. The van der Waals surface area contributed by atoms with E-state index in [1.807, 2.05) is 0 Å². The second kappa shape index (κ2) is 8.15. The molecule has 0 bridgehead atoms. The van der Waals surface area contributed by atoms with E-state index in [0.29, 0.717) is 0 Å². The molecule has 0 saturated carbocycles. The first-order valence-electron chi connectivity index (χ1n) is 7.55. The Morgan fingerprint density at radius 2 is 2.00 bits per heavy atom. The van der Waals surface area contributed by atoms with Gasteiger partial charge in [-0.1, -0.05) is 13.2 Å². The molecule has 0 atom stereocenters. The highest BCUT2D eigenvalue weighted by molar-refractivity contribution is 6.04. The van der Waals surface area contributed by atoms with Crippen LogP contribution in [0, 0.1) is 5.92 Å². The lowest BCUT2D eigenvalue weighted by Gasteiger charge is -2.20. The molecule has 136 valence electrons. The molecule has 8 nitrogen and oxygen atoms in total. The average Bonchev–Trinajstić information content (AvgIpc) is 2.58. The monoisotopic (exact) mass is 360 g/mol. The van der Waals surface area contributed by atoms with Gasteiger partial charge in [0.1, 0.15) is 23.7 Å². The molecule has 1 aromatic heterocycles. The second-order valence-electron chi connectivity index (χ2n) is 5.49. The lowest BCUT2D eigenvalue weighted by molar-refractivity contribution is -0.138. The highest BCUT2D eigenvalue weighted by atomic mass is 19.1. The first kappa shape index (κ1) is 19.0. The van der Waals surface area contributed by atoms with Crippen molar-refractivity contribution in [3.8, 4) is 0 Å². The van der Waals surface area contributed by atoms with Crippen molar-refractivity contribution in [1.29, 1.82) is 0 Å². The second-order valence-corrected chi connectivity index (χ2v) is 5.49. The molecule has 1 fully saturated rings. The van der Waals surface area contributed by atoms with Crippen LogP contribution in [0.1, 0.15) is 18.5 Å². The number of anilines is 1. The van der Waals surface area contributed by atoms with E-state index in [2.05, 4.69) is 33.8 Å². The van der Waals surface area contributed by atoms with E-state index in [0.717, 1.165) is 6.08 Å². The van der Waals surface area contributed by atoms with Gasteiger partial charge in [-0.05, 0) is 6.08 Å². The molecule has 0 aliphatic carbocycles. The Balaban J connectivity index is 2.21. The Bertz CT molecular complexity index is 803. The summed E-state index contributed by atoms with van der Waals surface area (Å²) in [5, 5.41) is 4.65. The number of halogens is 1. The summed E-state index contributed by atoms with van der Waals surface area (Å²) in [5.74, 6) is -2.78. The zero-order valence-corrected chi connectivity index (χ0v) is 14.0. The number of allylic oxidation sites excluding steroid dienone is 3. The van der Waals surface area contributed by atoms with E-state index in [4.69, 9.17) is 4.74 Å². The molecule has 1 aromatic rings. The number of amides is 3. The summed E-state index contributed by atoms with van der Waals surface area (Å²) in [6.07, 6.45) is 2.07. The zero-order valence-electron chi connectivity index (χ0n) is 14.0. The first-order chi connectivity index (χ1) is 12.3. The standard InChI is InChI=1S/C17H17FN4O4/c1-9(18)4-12(10(2)26-3)13-7-14(20-8-19-13)21-17(25)11-5-15(23)22-16(24)6-11/h4,7-8,11H,1-2,5-6H2,3H3,(H,22,23,24)(H,19,20,21,25)/b12-4+. The predicted octanol–water partition coefficient (Wildman–Crippen LogP) is 1.49. The number of hydrogen-bond donors (Lipinski definition) is 2. The van der Waals surface area contributed by atoms with E-state index >= 15 is 0 Å². The van der Waals surface area contributed by atoms with Gasteiger partial charge in [-0.25, -0.2) is 14.4 Å². The van der Waals surface area contributed by atoms with Crippen LogP contribution in [0.4, 0.5) is 10.2 Å². The minimum absolute atomic E-state index is 0.0944. The van der Waals surface area contributed by atoms with E-state index in [1.165, 1.54) is 19.5 Å². The minimum atomic E-state index is -0.788. The summed E-state index contributed by atoms with van der Waals surface area (Å²) >= 11 is 0. The molecule has 0 aromatic carbocycles. The van der Waals surface area contributed by atoms with Crippen molar-refractivity contribution in [2.75, 3.05) is 12.4 Å². The normalized spacial score (nSPS) is 15.2. The van der Waals surface area contributed by atoms with Crippen molar-refractivity contribution >= 4 is 29.1 Å². The maximum absolute atomic E-state index is 13.2. The number of nitrogens with zero attached hydrogens (tertiary/aromatic N) is 2. The third-order valence-corrected chi connectivity index (χ3v) is 3.56. The quantitative estimate of drug-likeness (QED) is 0.452. The Labute approximate surface area is 148 Å². The minimum Gasteiger partial charge on any atom is -0.497 e. The summed E-state index contributed by atoms with van der Waals surface area (Å²) in [7, 11) is 1.37. The molecule has 1 aliphatic rings. The molecule has 2 rings (SSSR count). The van der Waals surface area contributed by atoms with Crippen LogP contribution in [-0.4, -0.2) is 34.8 Å². The van der Waals surface area contributed by atoms with Gasteiger partial charge in [0.2, 0.25) is 17.7 Å². The Kier molecular flexibility index (Phi) is 5.94. The predicted molar refractivity (Wildman–Crippen MR) is 90.9 cm³/mol. The van der Waals surface area contributed by atoms with Gasteiger partial charge in [0.25, 0.3) is 0 Å². The van der Waals surface area contributed by atoms with E-state index in [9.17, 15) is 18.8 Å². The Morgan fingerprint density at radius 3 is 2.58 bits per heavy atom. The van der Waals surface area contributed by atoms with Crippen molar-refractivity contribution in [3.05, 3.63) is 48.9 Å². The summed E-state index contributed by atoms with van der Waals surface area (Å²) in [6, 6.07) is 1.39. The molecule has 0 radical (unpaired) electrons. The molecule has 0 unspecified atom stereocenters. The van der Waals surface area contributed by atoms with Crippen molar-refractivity contribution in [2.45, 2.75) is 12.8 Å². The number of piperidine rings is 1. The lowest BCUT2D eigenvalue weighted by Crippen LogP contribution is -2.42. The van der Waals surface area contributed by atoms with Crippen LogP contribution in [0.2, 0.25) is 0 Å². The summed E-state index contributed by atoms with van der Waals surface area (Å²) in [6.45, 7) is 6.82. The summed E-state index contributed by atoms with van der Waals surface area (Å²) < 4.78 is 18.2. The molecule has 0 spiro atoms. The molecule has 2 N–H and O–H groups in total. The van der Waals surface area contributed by atoms with Crippen LogP contribution in [0.25, 0.3) is 5.57 Å². The van der Waals surface area contributed by atoms with Gasteiger partial charge in [0.15, 0.2) is 0 Å². The number of hydrogen-bond acceptors (Lipinski definition) is 6. The van der Waals surface area contributed by atoms with Gasteiger partial charge in [0, 0.05) is 24.5 Å². The maximum atomic E-state index is 13.2. The summed E-state index contributed by atoms with van der Waals surface area (Å²) in [4.78, 5) is 43.0. The molecule has 9 heteroatoms. The fourth-order valence-corrected chi connectivity index (χ4v) is 2.33. The van der Waals surface area contributed by atoms with Crippen LogP contribution in [0.15, 0.2) is 43.2 Å². The van der Waals surface area contributed by atoms with E-state index in [-0.39, 0.29) is 35.7 Å². The maximum Gasteiger partial charge on any atom is 0.229 e. The first-order valence-corrected chi connectivity index (χ1v) is 7.55. The highest BCUT2D eigenvalue weighted by Gasteiger charge is 2.30. The molecular formula is C17H17FN4O4. The molecule has 1 aliphatic heterocycles. The number of imide groups is 1. The van der Waals surface area contributed by atoms with Crippen molar-refractivity contribution < 1.29 is 23.5 Å². The van der Waals surface area contributed by atoms with Gasteiger partial charge >= 0.3 is 0 Å². The van der Waals surface area contributed by atoms with Crippen LogP contribution < -0.4 is 10.6 Å². The zero-order chi connectivity index (χ0) is 19.3. The average molecular weight is 360 g/mol. The number of methoxy groups -OCH3 is 1. The number of carbonyl (C=O) groups is 3. The van der Waals surface area contributed by atoms with Crippen LogP contribution >= 0.6 is 0 Å². The number of nitrogens with one attached hydrogen (secondary N) is 2. The van der Waals surface area contributed by atoms with Crippen molar-refractivity contribution in [3.63, 3.8) is 0 Å². The largest absolute Gasteiger partial charge is 0.497 e.